The van der Waals surface area contributed by atoms with Gasteiger partial charge in [0.25, 0.3) is 0 Å². The summed E-state index contributed by atoms with van der Waals surface area (Å²) in [6.07, 6.45) is 0.243. The fraction of sp³-hybridized carbons (Fsp3) is 0.846. The van der Waals surface area contributed by atoms with Crippen LogP contribution in [-0.2, 0) is 4.79 Å². The lowest BCUT2D eigenvalue weighted by atomic mass is 9.93. The minimum absolute atomic E-state index is 0.0478. The number of likely N-dealkylation sites (N-methyl/N-ethyl adjacent to an activating group) is 1. The average Bonchev–Trinajstić information content (AvgIpc) is 2.38. The Hall–Kier alpha value is -1.12. The molecule has 0 bridgehead atoms. The Morgan fingerprint density at radius 3 is 2.78 bits per heavy atom. The third-order valence-electron chi connectivity index (χ3n) is 3.17. The maximum absolute atomic E-state index is 12.3. The summed E-state index contributed by atoms with van der Waals surface area (Å²) in [5.74, 6) is 0.0592. The standard InChI is InChI=1S/C13H24N4O/c1-13(2)9-15-11(5-6-14)12(18)17(10-13)8-7-16(3)4/h11,15H,5,7-10H2,1-4H3. The second kappa shape index (κ2) is 6.17. The molecule has 0 aromatic rings. The summed E-state index contributed by atoms with van der Waals surface area (Å²) in [5.41, 5.74) is 0.0478. The average molecular weight is 252 g/mol. The third kappa shape index (κ3) is 4.28. The molecule has 0 radical (unpaired) electrons. The Balaban J connectivity index is 2.76. The molecule has 0 aliphatic carbocycles. The van der Waals surface area contributed by atoms with Gasteiger partial charge in [0.05, 0.1) is 18.5 Å². The van der Waals surface area contributed by atoms with Gasteiger partial charge in [-0.15, -0.1) is 0 Å². The van der Waals surface area contributed by atoms with E-state index in [-0.39, 0.29) is 23.8 Å². The van der Waals surface area contributed by atoms with Gasteiger partial charge in [-0.3, -0.25) is 4.79 Å². The molecule has 0 aromatic heterocycles. The maximum Gasteiger partial charge on any atom is 0.240 e. The highest BCUT2D eigenvalue weighted by Crippen LogP contribution is 2.20. The molecule has 1 saturated heterocycles. The number of hydrogen-bond acceptors (Lipinski definition) is 4. The van der Waals surface area contributed by atoms with Crippen LogP contribution in [0.4, 0.5) is 0 Å². The van der Waals surface area contributed by atoms with Crippen molar-refractivity contribution in [2.24, 2.45) is 5.41 Å². The SMILES string of the molecule is CN(C)CCN1CC(C)(C)CNC(CC#N)C1=O. The predicted molar refractivity (Wildman–Crippen MR) is 70.9 cm³/mol. The maximum atomic E-state index is 12.3. The van der Waals surface area contributed by atoms with Gasteiger partial charge in [0.2, 0.25) is 5.91 Å². The molecule has 1 fully saturated rings. The lowest BCUT2D eigenvalue weighted by Gasteiger charge is -2.30. The normalized spacial score (nSPS) is 23.9. The fourth-order valence-corrected chi connectivity index (χ4v) is 2.12. The third-order valence-corrected chi connectivity index (χ3v) is 3.17. The van der Waals surface area contributed by atoms with Crippen molar-refractivity contribution in [3.8, 4) is 6.07 Å². The summed E-state index contributed by atoms with van der Waals surface area (Å²) in [4.78, 5) is 16.3. The lowest BCUT2D eigenvalue weighted by Crippen LogP contribution is -2.45. The molecule has 1 amide bonds. The van der Waals surface area contributed by atoms with Crippen LogP contribution in [0.15, 0.2) is 0 Å². The van der Waals surface area contributed by atoms with Crippen LogP contribution in [0.5, 0.6) is 0 Å². The fourth-order valence-electron chi connectivity index (χ4n) is 2.12. The van der Waals surface area contributed by atoms with Crippen molar-refractivity contribution in [2.75, 3.05) is 40.3 Å². The molecule has 1 atom stereocenters. The highest BCUT2D eigenvalue weighted by molar-refractivity contribution is 5.82. The molecule has 1 heterocycles. The monoisotopic (exact) mass is 252 g/mol. The molecule has 0 aromatic carbocycles. The minimum Gasteiger partial charge on any atom is -0.339 e. The summed E-state index contributed by atoms with van der Waals surface area (Å²) in [6.45, 7) is 7.37. The Morgan fingerprint density at radius 1 is 1.56 bits per heavy atom. The number of carbonyl (C=O) groups excluding carboxylic acids is 1. The minimum atomic E-state index is -0.348. The molecule has 18 heavy (non-hydrogen) atoms. The van der Waals surface area contributed by atoms with Crippen molar-refractivity contribution in [1.82, 2.24) is 15.1 Å². The van der Waals surface area contributed by atoms with E-state index < -0.39 is 0 Å². The highest BCUT2D eigenvalue weighted by Gasteiger charge is 2.33. The molecule has 1 aliphatic heterocycles. The van der Waals surface area contributed by atoms with Gasteiger partial charge in [0, 0.05) is 26.2 Å². The Kier molecular flexibility index (Phi) is 5.12. The van der Waals surface area contributed by atoms with Crippen LogP contribution in [0, 0.1) is 16.7 Å². The van der Waals surface area contributed by atoms with E-state index in [0.717, 1.165) is 26.2 Å². The zero-order valence-corrected chi connectivity index (χ0v) is 11.9. The number of amides is 1. The Morgan fingerprint density at radius 2 is 2.22 bits per heavy atom. The first kappa shape index (κ1) is 14.9. The summed E-state index contributed by atoms with van der Waals surface area (Å²) in [6, 6.07) is 1.74. The van der Waals surface area contributed by atoms with Crippen LogP contribution in [-0.4, -0.2) is 62.0 Å². The number of nitriles is 1. The van der Waals surface area contributed by atoms with Crippen molar-refractivity contribution in [1.29, 1.82) is 5.26 Å². The van der Waals surface area contributed by atoms with Gasteiger partial charge in [0.15, 0.2) is 0 Å². The van der Waals surface area contributed by atoms with Gasteiger partial charge in [-0.2, -0.15) is 5.26 Å². The smallest absolute Gasteiger partial charge is 0.240 e. The molecule has 5 heteroatoms. The van der Waals surface area contributed by atoms with Gasteiger partial charge in [0.1, 0.15) is 0 Å². The van der Waals surface area contributed by atoms with Crippen LogP contribution >= 0.6 is 0 Å². The summed E-state index contributed by atoms with van der Waals surface area (Å²) in [7, 11) is 4.00. The van der Waals surface area contributed by atoms with Gasteiger partial charge < -0.3 is 15.1 Å². The van der Waals surface area contributed by atoms with E-state index in [1.54, 1.807) is 0 Å². The van der Waals surface area contributed by atoms with E-state index >= 15 is 0 Å². The summed E-state index contributed by atoms with van der Waals surface area (Å²) >= 11 is 0. The first-order chi connectivity index (χ1) is 8.35. The summed E-state index contributed by atoms with van der Waals surface area (Å²) in [5, 5.41) is 12.0. The van der Waals surface area contributed by atoms with Crippen LogP contribution in [0.2, 0.25) is 0 Å². The van der Waals surface area contributed by atoms with Gasteiger partial charge >= 0.3 is 0 Å². The molecular weight excluding hydrogens is 228 g/mol. The Labute approximate surface area is 110 Å². The Bertz CT molecular complexity index is 332. The van der Waals surface area contributed by atoms with Crippen LogP contribution < -0.4 is 5.32 Å². The molecule has 0 saturated carbocycles. The van der Waals surface area contributed by atoms with Crippen LogP contribution in [0.25, 0.3) is 0 Å². The van der Waals surface area contributed by atoms with Crippen molar-refractivity contribution < 1.29 is 4.79 Å². The number of rotatable bonds is 4. The van der Waals surface area contributed by atoms with Crippen LogP contribution in [0.1, 0.15) is 20.3 Å². The zero-order valence-electron chi connectivity index (χ0n) is 11.9. The molecule has 1 rings (SSSR count). The van der Waals surface area contributed by atoms with E-state index in [2.05, 4.69) is 30.1 Å². The number of nitrogens with one attached hydrogen (secondary N) is 1. The van der Waals surface area contributed by atoms with Crippen molar-refractivity contribution in [2.45, 2.75) is 26.3 Å². The van der Waals surface area contributed by atoms with E-state index in [0.29, 0.717) is 0 Å². The molecule has 1 N–H and O–H groups in total. The predicted octanol–water partition coefficient (Wildman–Crippen LogP) is 0.288. The largest absolute Gasteiger partial charge is 0.339 e. The van der Waals surface area contributed by atoms with Gasteiger partial charge in [-0.05, 0) is 19.5 Å². The molecule has 1 unspecified atom stereocenters. The van der Waals surface area contributed by atoms with Crippen molar-refractivity contribution in [3.05, 3.63) is 0 Å². The number of nitrogens with zero attached hydrogens (tertiary/aromatic N) is 3. The first-order valence-corrected chi connectivity index (χ1v) is 6.39. The van der Waals surface area contributed by atoms with Crippen molar-refractivity contribution in [3.63, 3.8) is 0 Å². The topological polar surface area (TPSA) is 59.4 Å². The van der Waals surface area contributed by atoms with E-state index in [1.807, 2.05) is 19.0 Å². The second-order valence-electron chi connectivity index (χ2n) is 6.02. The molecular formula is C13H24N4O. The van der Waals surface area contributed by atoms with E-state index in [1.165, 1.54) is 0 Å². The van der Waals surface area contributed by atoms with Crippen LogP contribution in [0.3, 0.4) is 0 Å². The number of hydrogen-bond donors (Lipinski definition) is 1. The second-order valence-corrected chi connectivity index (χ2v) is 6.02. The van der Waals surface area contributed by atoms with Gasteiger partial charge in [-0.25, -0.2) is 0 Å². The lowest BCUT2D eigenvalue weighted by molar-refractivity contribution is -0.133. The van der Waals surface area contributed by atoms with Gasteiger partial charge in [-0.1, -0.05) is 13.8 Å². The molecule has 0 spiro atoms. The van der Waals surface area contributed by atoms with E-state index in [4.69, 9.17) is 5.26 Å². The first-order valence-electron chi connectivity index (χ1n) is 6.39. The summed E-state index contributed by atoms with van der Waals surface area (Å²) < 4.78 is 0. The molecule has 5 nitrogen and oxygen atoms in total. The molecule has 102 valence electrons. The van der Waals surface area contributed by atoms with E-state index in [9.17, 15) is 4.79 Å². The highest BCUT2D eigenvalue weighted by atomic mass is 16.2. The zero-order chi connectivity index (χ0) is 13.8. The quantitative estimate of drug-likeness (QED) is 0.781. The van der Waals surface area contributed by atoms with Crippen molar-refractivity contribution >= 4 is 5.91 Å². The number of carbonyl (C=O) groups is 1. The molecule has 1 aliphatic rings.